The van der Waals surface area contributed by atoms with E-state index in [0.29, 0.717) is 12.5 Å². The molecule has 1 aliphatic heterocycles. The van der Waals surface area contributed by atoms with Gasteiger partial charge in [0.1, 0.15) is 6.10 Å². The highest BCUT2D eigenvalue weighted by molar-refractivity contribution is 5.94. The first-order valence-corrected chi connectivity index (χ1v) is 8.20. The number of benzene rings is 1. The van der Waals surface area contributed by atoms with Gasteiger partial charge in [0.25, 0.3) is 5.91 Å². The Morgan fingerprint density at radius 3 is 2.55 bits per heavy atom. The van der Waals surface area contributed by atoms with E-state index in [4.69, 9.17) is 4.74 Å². The fraction of sp³-hybridized carbons (Fsp3) is 0.556. The average Bonchev–Trinajstić information content (AvgIpc) is 2.55. The van der Waals surface area contributed by atoms with E-state index in [-0.39, 0.29) is 24.0 Å². The highest BCUT2D eigenvalue weighted by atomic mass is 16.5. The average molecular weight is 301 g/mol. The predicted molar refractivity (Wildman–Crippen MR) is 83.4 cm³/mol. The van der Waals surface area contributed by atoms with Gasteiger partial charge in [-0.2, -0.15) is 0 Å². The number of hydrogen-bond donors (Lipinski definition) is 0. The van der Waals surface area contributed by atoms with E-state index in [1.54, 1.807) is 0 Å². The van der Waals surface area contributed by atoms with Gasteiger partial charge in [-0.1, -0.05) is 31.0 Å². The molecular weight excluding hydrogens is 278 g/mol. The molecule has 4 nitrogen and oxygen atoms in total. The molecule has 3 atom stereocenters. The molecule has 1 aliphatic carbocycles. The number of piperidine rings is 1. The van der Waals surface area contributed by atoms with Crippen LogP contribution in [0.5, 0.6) is 0 Å². The Kier molecular flexibility index (Phi) is 4.46. The Hall–Kier alpha value is -1.84. The second kappa shape index (κ2) is 6.51. The number of esters is 1. The molecule has 1 heterocycles. The van der Waals surface area contributed by atoms with Crippen LogP contribution in [0.25, 0.3) is 0 Å². The van der Waals surface area contributed by atoms with E-state index in [9.17, 15) is 9.59 Å². The molecule has 0 bridgehead atoms. The third-order valence-corrected chi connectivity index (χ3v) is 4.91. The van der Waals surface area contributed by atoms with Crippen molar-refractivity contribution >= 4 is 11.9 Å². The second-order valence-corrected chi connectivity index (χ2v) is 6.32. The number of rotatable bonds is 2. The van der Waals surface area contributed by atoms with Crippen molar-refractivity contribution in [1.29, 1.82) is 0 Å². The van der Waals surface area contributed by atoms with Crippen LogP contribution in [0.3, 0.4) is 0 Å². The number of hydrogen-bond acceptors (Lipinski definition) is 3. The Bertz CT molecular complexity index is 543. The fourth-order valence-corrected chi connectivity index (χ4v) is 3.97. The smallest absolute Gasteiger partial charge is 0.302 e. The molecule has 2 aliphatic rings. The summed E-state index contributed by atoms with van der Waals surface area (Å²) >= 11 is 0. The molecule has 0 unspecified atom stereocenters. The second-order valence-electron chi connectivity index (χ2n) is 6.32. The molecule has 1 saturated heterocycles. The van der Waals surface area contributed by atoms with Gasteiger partial charge in [0.05, 0.1) is 0 Å². The summed E-state index contributed by atoms with van der Waals surface area (Å²) in [7, 11) is 0. The monoisotopic (exact) mass is 301 g/mol. The number of carbonyl (C=O) groups is 2. The van der Waals surface area contributed by atoms with Crippen LogP contribution in [-0.2, 0) is 9.53 Å². The molecule has 1 aromatic rings. The quantitative estimate of drug-likeness (QED) is 0.789. The normalized spacial score (nSPS) is 27.9. The zero-order chi connectivity index (χ0) is 15.5. The number of ether oxygens (including phenoxy) is 1. The highest BCUT2D eigenvalue weighted by Gasteiger charge is 2.42. The van der Waals surface area contributed by atoms with Crippen molar-refractivity contribution in [1.82, 2.24) is 4.90 Å². The molecule has 1 amide bonds. The molecule has 0 N–H and O–H groups in total. The number of fused-ring (bicyclic) bond motifs is 1. The Morgan fingerprint density at radius 2 is 1.82 bits per heavy atom. The maximum atomic E-state index is 12.8. The largest absolute Gasteiger partial charge is 0.462 e. The van der Waals surface area contributed by atoms with E-state index >= 15 is 0 Å². The standard InChI is InChI=1S/C18H23NO3/c1-13(20)22-17-11-12-19(16-10-6-5-9-15(16)17)18(21)14-7-3-2-4-8-14/h2-4,7-8,15-17H,5-6,9-12H2,1H3/t15-,16+,17-/m1/s1. The fourth-order valence-electron chi connectivity index (χ4n) is 3.97. The van der Waals surface area contributed by atoms with Crippen LogP contribution in [0.4, 0.5) is 0 Å². The van der Waals surface area contributed by atoms with Crippen molar-refractivity contribution in [3.05, 3.63) is 35.9 Å². The first-order valence-electron chi connectivity index (χ1n) is 8.20. The molecule has 0 radical (unpaired) electrons. The van der Waals surface area contributed by atoms with Crippen molar-refractivity contribution in [3.8, 4) is 0 Å². The van der Waals surface area contributed by atoms with E-state index in [1.165, 1.54) is 6.92 Å². The van der Waals surface area contributed by atoms with Gasteiger partial charge in [-0.05, 0) is 25.0 Å². The minimum absolute atomic E-state index is 0.0253. The molecule has 4 heteroatoms. The van der Waals surface area contributed by atoms with Gasteiger partial charge < -0.3 is 9.64 Å². The highest BCUT2D eigenvalue weighted by Crippen LogP contribution is 2.37. The summed E-state index contributed by atoms with van der Waals surface area (Å²) in [4.78, 5) is 26.1. The van der Waals surface area contributed by atoms with Crippen LogP contribution in [0.15, 0.2) is 30.3 Å². The van der Waals surface area contributed by atoms with Gasteiger partial charge in [-0.15, -0.1) is 0 Å². The summed E-state index contributed by atoms with van der Waals surface area (Å²) in [5, 5.41) is 0. The molecule has 0 aromatic heterocycles. The molecule has 22 heavy (non-hydrogen) atoms. The number of nitrogens with zero attached hydrogens (tertiary/aromatic N) is 1. The van der Waals surface area contributed by atoms with Crippen LogP contribution in [-0.4, -0.2) is 35.5 Å². The van der Waals surface area contributed by atoms with Crippen molar-refractivity contribution < 1.29 is 14.3 Å². The van der Waals surface area contributed by atoms with Crippen LogP contribution in [0.2, 0.25) is 0 Å². The van der Waals surface area contributed by atoms with Crippen molar-refractivity contribution in [2.45, 2.75) is 51.2 Å². The van der Waals surface area contributed by atoms with Gasteiger partial charge in [0.15, 0.2) is 0 Å². The van der Waals surface area contributed by atoms with E-state index in [2.05, 4.69) is 0 Å². The number of likely N-dealkylation sites (tertiary alicyclic amines) is 1. The summed E-state index contributed by atoms with van der Waals surface area (Å²) < 4.78 is 5.52. The van der Waals surface area contributed by atoms with Gasteiger partial charge in [-0.3, -0.25) is 9.59 Å². The maximum Gasteiger partial charge on any atom is 0.302 e. The van der Waals surface area contributed by atoms with Gasteiger partial charge in [0, 0.05) is 37.4 Å². The lowest BCUT2D eigenvalue weighted by molar-refractivity contribution is -0.154. The van der Waals surface area contributed by atoms with Crippen molar-refractivity contribution in [2.75, 3.05) is 6.54 Å². The molecular formula is C18H23NO3. The lowest BCUT2D eigenvalue weighted by Gasteiger charge is -2.47. The summed E-state index contributed by atoms with van der Waals surface area (Å²) in [5.41, 5.74) is 0.748. The zero-order valence-corrected chi connectivity index (χ0v) is 13.0. The predicted octanol–water partition coefficient (Wildman–Crippen LogP) is 3.02. The van der Waals surface area contributed by atoms with E-state index in [0.717, 1.165) is 37.7 Å². The van der Waals surface area contributed by atoms with Gasteiger partial charge >= 0.3 is 5.97 Å². The third-order valence-electron chi connectivity index (χ3n) is 4.91. The third kappa shape index (κ3) is 3.01. The first kappa shape index (κ1) is 15.1. The zero-order valence-electron chi connectivity index (χ0n) is 13.0. The van der Waals surface area contributed by atoms with Crippen molar-refractivity contribution in [3.63, 3.8) is 0 Å². The Morgan fingerprint density at radius 1 is 1.09 bits per heavy atom. The van der Waals surface area contributed by atoms with Crippen LogP contribution < -0.4 is 0 Å². The number of carbonyl (C=O) groups excluding carboxylic acids is 2. The Labute approximate surface area is 131 Å². The van der Waals surface area contributed by atoms with Crippen molar-refractivity contribution in [2.24, 2.45) is 5.92 Å². The summed E-state index contributed by atoms with van der Waals surface area (Å²) in [6.45, 7) is 2.15. The summed E-state index contributed by atoms with van der Waals surface area (Å²) in [6.07, 6.45) is 5.09. The van der Waals surface area contributed by atoms with E-state index < -0.39 is 0 Å². The first-order chi connectivity index (χ1) is 10.7. The minimum Gasteiger partial charge on any atom is -0.462 e. The lowest BCUT2D eigenvalue weighted by atomic mass is 9.76. The molecule has 1 aromatic carbocycles. The molecule has 1 saturated carbocycles. The van der Waals surface area contributed by atoms with Crippen LogP contribution in [0, 0.1) is 5.92 Å². The molecule has 0 spiro atoms. The van der Waals surface area contributed by atoms with E-state index in [1.807, 2.05) is 35.2 Å². The summed E-state index contributed by atoms with van der Waals surface area (Å²) in [6, 6.07) is 9.68. The molecule has 2 fully saturated rings. The Balaban J connectivity index is 1.79. The molecule has 3 rings (SSSR count). The van der Waals surface area contributed by atoms with Crippen LogP contribution >= 0.6 is 0 Å². The van der Waals surface area contributed by atoms with Crippen LogP contribution in [0.1, 0.15) is 49.4 Å². The molecule has 118 valence electrons. The maximum absolute atomic E-state index is 12.8. The lowest BCUT2D eigenvalue weighted by Crippen LogP contribution is -2.55. The van der Waals surface area contributed by atoms with Gasteiger partial charge in [-0.25, -0.2) is 0 Å². The topological polar surface area (TPSA) is 46.6 Å². The minimum atomic E-state index is -0.211. The number of amides is 1. The SMILES string of the molecule is CC(=O)O[C@@H]1CCN(C(=O)c2ccccc2)[C@H]2CCCC[C@@H]12. The van der Waals surface area contributed by atoms with Gasteiger partial charge in [0.2, 0.25) is 0 Å². The summed E-state index contributed by atoms with van der Waals surface area (Å²) in [5.74, 6) is 0.190.